The molecule has 142 valence electrons. The van der Waals surface area contributed by atoms with Gasteiger partial charge in [0, 0.05) is 49.0 Å². The molecule has 1 aliphatic rings. The van der Waals surface area contributed by atoms with Crippen LogP contribution in [0, 0.1) is 11.2 Å². The summed E-state index contributed by atoms with van der Waals surface area (Å²) in [6.07, 6.45) is 11.1. The van der Waals surface area contributed by atoms with Crippen LogP contribution in [0.4, 0.5) is 4.39 Å². The Labute approximate surface area is 159 Å². The molecule has 0 atom stereocenters. The Morgan fingerprint density at radius 3 is 2.67 bits per heavy atom. The van der Waals surface area contributed by atoms with Crippen molar-refractivity contribution in [2.24, 2.45) is 4.99 Å². The molecule has 1 saturated heterocycles. The number of nitrogens with zero attached hydrogens (tertiary/aromatic N) is 3. The molecule has 0 saturated carbocycles. The first kappa shape index (κ1) is 19.1. The average molecular weight is 366 g/mol. The first-order chi connectivity index (χ1) is 13.1. The van der Waals surface area contributed by atoms with Crippen LogP contribution in [0.15, 0.2) is 35.5 Å². The first-order valence-corrected chi connectivity index (χ1v) is 9.50. The van der Waals surface area contributed by atoms with Crippen molar-refractivity contribution in [1.82, 2.24) is 9.47 Å². The summed E-state index contributed by atoms with van der Waals surface area (Å²) in [6.45, 7) is 4.21. The summed E-state index contributed by atoms with van der Waals surface area (Å²) in [5.74, 6) is 0.164. The molecule has 0 radical (unpaired) electrons. The van der Waals surface area contributed by atoms with Gasteiger partial charge in [-0.1, -0.05) is 18.2 Å². The maximum absolute atomic E-state index is 14.8. The lowest BCUT2D eigenvalue weighted by molar-refractivity contribution is 0.341. The summed E-state index contributed by atoms with van der Waals surface area (Å²) in [6, 6.07) is 7.19. The number of halogens is 1. The minimum atomic E-state index is -0.264. The highest BCUT2D eigenvalue weighted by atomic mass is 19.1. The molecular weight excluding hydrogens is 339 g/mol. The van der Waals surface area contributed by atoms with Crippen LogP contribution in [0.2, 0.25) is 0 Å². The van der Waals surface area contributed by atoms with Crippen LogP contribution in [0.25, 0.3) is 12.2 Å². The summed E-state index contributed by atoms with van der Waals surface area (Å²) in [5.41, 5.74) is 1.27. The molecule has 4 nitrogen and oxygen atoms in total. The quantitative estimate of drug-likeness (QED) is 0.656. The fraction of sp³-hybridized carbons (Fsp3) is 0.364. The van der Waals surface area contributed by atoms with Crippen molar-refractivity contribution >= 4 is 24.2 Å². The van der Waals surface area contributed by atoms with Gasteiger partial charge in [0.1, 0.15) is 11.7 Å². The van der Waals surface area contributed by atoms with Crippen molar-refractivity contribution in [2.45, 2.75) is 32.7 Å². The molecule has 0 bridgehead atoms. The van der Waals surface area contributed by atoms with Crippen molar-refractivity contribution in [1.29, 1.82) is 5.41 Å². The number of benzene rings is 1. The Kier molecular flexibility index (Phi) is 6.22. The van der Waals surface area contributed by atoms with Gasteiger partial charge >= 0.3 is 0 Å². The molecule has 0 unspecified atom stereocenters. The van der Waals surface area contributed by atoms with Gasteiger partial charge in [0.25, 0.3) is 0 Å². The van der Waals surface area contributed by atoms with E-state index in [9.17, 15) is 4.39 Å². The lowest BCUT2D eigenvalue weighted by Crippen LogP contribution is -2.35. The van der Waals surface area contributed by atoms with Gasteiger partial charge in [-0.25, -0.2) is 4.39 Å². The maximum atomic E-state index is 14.8. The number of aliphatic imine (C=N–C) groups is 1. The minimum absolute atomic E-state index is 0.264. The van der Waals surface area contributed by atoms with Crippen molar-refractivity contribution in [2.75, 3.05) is 20.1 Å². The highest BCUT2D eigenvalue weighted by Crippen LogP contribution is 2.16. The van der Waals surface area contributed by atoms with Crippen LogP contribution in [0.3, 0.4) is 0 Å². The molecule has 2 heterocycles. The lowest BCUT2D eigenvalue weighted by Gasteiger charge is -2.29. The number of likely N-dealkylation sites (tertiary alicyclic amines) is 1. The summed E-state index contributed by atoms with van der Waals surface area (Å²) in [4.78, 5) is 6.06. The second-order valence-electron chi connectivity index (χ2n) is 6.85. The molecule has 1 fully saturated rings. The van der Waals surface area contributed by atoms with Crippen LogP contribution >= 0.6 is 0 Å². The van der Waals surface area contributed by atoms with Crippen LogP contribution in [-0.2, 0) is 6.54 Å². The smallest absolute Gasteiger partial charge is 0.128 e. The van der Waals surface area contributed by atoms with E-state index in [1.165, 1.54) is 12.5 Å². The molecule has 1 N–H and O–H groups in total. The Hall–Kier alpha value is -2.69. The van der Waals surface area contributed by atoms with Crippen LogP contribution < -0.4 is 10.6 Å². The average Bonchev–Trinajstić information content (AvgIpc) is 3.09. The number of piperidine rings is 1. The van der Waals surface area contributed by atoms with Gasteiger partial charge < -0.3 is 9.47 Å². The second kappa shape index (κ2) is 8.80. The Balaban J connectivity index is 1.85. The predicted octanol–water partition coefficient (Wildman–Crippen LogP) is 2.77. The van der Waals surface area contributed by atoms with E-state index < -0.39 is 0 Å². The van der Waals surface area contributed by atoms with Gasteiger partial charge in [0.05, 0.1) is 6.54 Å². The van der Waals surface area contributed by atoms with E-state index in [2.05, 4.69) is 4.99 Å². The van der Waals surface area contributed by atoms with Crippen molar-refractivity contribution in [3.63, 3.8) is 0 Å². The van der Waals surface area contributed by atoms with Gasteiger partial charge in [0.15, 0.2) is 0 Å². The van der Waals surface area contributed by atoms with Crippen LogP contribution in [0.1, 0.15) is 37.3 Å². The largest absolute Gasteiger partial charge is 0.357 e. The molecule has 0 spiro atoms. The molecule has 3 rings (SSSR count). The second-order valence-corrected chi connectivity index (χ2v) is 6.85. The molecule has 27 heavy (non-hydrogen) atoms. The van der Waals surface area contributed by atoms with Crippen LogP contribution in [0.5, 0.6) is 0 Å². The number of aromatic nitrogens is 1. The normalized spacial score (nSPS) is 16.5. The topological polar surface area (TPSA) is 44.4 Å². The number of hydrogen-bond acceptors (Lipinski definition) is 2. The lowest BCUT2D eigenvalue weighted by atomic mass is 10.1. The van der Waals surface area contributed by atoms with E-state index >= 15 is 0 Å². The van der Waals surface area contributed by atoms with Gasteiger partial charge in [-0.3, -0.25) is 10.4 Å². The molecular formula is C22H27FN4. The molecule has 0 amide bonds. The zero-order valence-electron chi connectivity index (χ0n) is 16.1. The summed E-state index contributed by atoms with van der Waals surface area (Å²) >= 11 is 0. The molecule has 1 aliphatic heterocycles. The standard InChI is InChI=1S/C22H27FN4/c1-3-17-10-14-27(21(17)9-11-25-2)16-19-8-7-18(15-20(19)23)22(24)26-12-5-4-6-13-26/h3,7-11,14-15,24H,4-6,12-13,16H2,1-2H3/b17-3-,21-9+,24-22?,25-11?. The molecule has 1 aromatic carbocycles. The number of amidine groups is 1. The zero-order chi connectivity index (χ0) is 19.2. The van der Waals surface area contributed by atoms with Gasteiger partial charge in [-0.05, 0) is 49.6 Å². The molecule has 2 aromatic rings. The van der Waals surface area contributed by atoms with Crippen molar-refractivity contribution < 1.29 is 4.39 Å². The van der Waals surface area contributed by atoms with Gasteiger partial charge in [-0.15, -0.1) is 0 Å². The third-order valence-corrected chi connectivity index (χ3v) is 5.07. The predicted molar refractivity (Wildman–Crippen MR) is 110 cm³/mol. The van der Waals surface area contributed by atoms with Crippen molar-refractivity contribution in [3.05, 3.63) is 58.0 Å². The third kappa shape index (κ3) is 4.35. The minimum Gasteiger partial charge on any atom is -0.357 e. The van der Waals surface area contributed by atoms with Gasteiger partial charge in [-0.2, -0.15) is 0 Å². The fourth-order valence-electron chi connectivity index (χ4n) is 3.53. The Morgan fingerprint density at radius 2 is 2.00 bits per heavy atom. The monoisotopic (exact) mass is 366 g/mol. The fourth-order valence-corrected chi connectivity index (χ4v) is 3.53. The molecule has 1 aromatic heterocycles. The van der Waals surface area contributed by atoms with Crippen molar-refractivity contribution in [3.8, 4) is 0 Å². The van der Waals surface area contributed by atoms with E-state index in [4.69, 9.17) is 5.41 Å². The highest BCUT2D eigenvalue weighted by molar-refractivity contribution is 5.96. The summed E-state index contributed by atoms with van der Waals surface area (Å²) in [7, 11) is 1.73. The van der Waals surface area contributed by atoms with E-state index in [1.54, 1.807) is 19.3 Å². The van der Waals surface area contributed by atoms with Gasteiger partial charge in [0.2, 0.25) is 0 Å². The van der Waals surface area contributed by atoms with Crippen LogP contribution in [-0.4, -0.2) is 41.7 Å². The van der Waals surface area contributed by atoms with E-state index in [0.717, 1.165) is 36.5 Å². The SMILES string of the molecule is C/C=c1/ccn(Cc2ccc(C(=N)N3CCCCC3)cc2F)/c1=C/C=NC. The number of rotatable bonds is 4. The zero-order valence-corrected chi connectivity index (χ0v) is 16.1. The molecule has 0 aliphatic carbocycles. The number of nitrogens with one attached hydrogen (secondary N) is 1. The highest BCUT2D eigenvalue weighted by Gasteiger charge is 2.16. The molecule has 5 heteroatoms. The summed E-state index contributed by atoms with van der Waals surface area (Å²) < 4.78 is 16.8. The summed E-state index contributed by atoms with van der Waals surface area (Å²) in [5, 5.41) is 10.5. The first-order valence-electron chi connectivity index (χ1n) is 9.50. The Morgan fingerprint density at radius 1 is 1.22 bits per heavy atom. The van der Waals surface area contributed by atoms with E-state index in [0.29, 0.717) is 23.5 Å². The maximum Gasteiger partial charge on any atom is 0.128 e. The third-order valence-electron chi connectivity index (χ3n) is 5.07. The Bertz CT molecular complexity index is 949. The van der Waals surface area contributed by atoms with E-state index in [-0.39, 0.29) is 5.82 Å². The number of hydrogen-bond donors (Lipinski definition) is 1. The van der Waals surface area contributed by atoms with E-state index in [1.807, 2.05) is 46.9 Å².